The van der Waals surface area contributed by atoms with Crippen molar-refractivity contribution in [1.82, 2.24) is 0 Å². The van der Waals surface area contributed by atoms with E-state index in [4.69, 9.17) is 46.4 Å². The molecular formula is C14H10Cl4. The van der Waals surface area contributed by atoms with Crippen LogP contribution >= 0.6 is 46.4 Å². The monoisotopic (exact) mass is 318 g/mol. The van der Waals surface area contributed by atoms with Gasteiger partial charge in [-0.15, -0.1) is 11.6 Å². The maximum atomic E-state index is 6.47. The number of rotatable bonds is 2. The molecule has 0 aliphatic heterocycles. The number of hydrogen-bond acceptors (Lipinski definition) is 0. The van der Waals surface area contributed by atoms with Gasteiger partial charge in [0.05, 0.1) is 15.4 Å². The van der Waals surface area contributed by atoms with E-state index in [0.29, 0.717) is 15.1 Å². The number of alkyl halides is 1. The molecule has 0 N–H and O–H groups in total. The van der Waals surface area contributed by atoms with Gasteiger partial charge in [0, 0.05) is 5.02 Å². The molecule has 0 spiro atoms. The van der Waals surface area contributed by atoms with Gasteiger partial charge in [0.2, 0.25) is 0 Å². The van der Waals surface area contributed by atoms with Crippen LogP contribution in [0.3, 0.4) is 0 Å². The largest absolute Gasteiger partial charge is 0.113 e. The Balaban J connectivity index is 2.44. The van der Waals surface area contributed by atoms with Crippen molar-refractivity contribution in [3.8, 4) is 0 Å². The van der Waals surface area contributed by atoms with E-state index in [-0.39, 0.29) is 5.38 Å². The zero-order chi connectivity index (χ0) is 13.3. The predicted molar refractivity (Wildman–Crippen MR) is 80.3 cm³/mol. The fourth-order valence-electron chi connectivity index (χ4n) is 1.75. The Labute approximate surface area is 126 Å². The van der Waals surface area contributed by atoms with E-state index in [1.807, 2.05) is 31.2 Å². The Bertz CT molecular complexity index is 578. The van der Waals surface area contributed by atoms with Gasteiger partial charge in [0.15, 0.2) is 0 Å². The molecule has 0 radical (unpaired) electrons. The molecule has 18 heavy (non-hydrogen) atoms. The first-order valence-corrected chi connectivity index (χ1v) is 6.91. The third-order valence-electron chi connectivity index (χ3n) is 2.82. The lowest BCUT2D eigenvalue weighted by molar-refractivity contribution is 1.11. The molecule has 0 nitrogen and oxygen atoms in total. The lowest BCUT2D eigenvalue weighted by Gasteiger charge is -2.14. The van der Waals surface area contributed by atoms with Crippen molar-refractivity contribution in [3.63, 3.8) is 0 Å². The average molecular weight is 320 g/mol. The molecule has 2 aromatic rings. The van der Waals surface area contributed by atoms with E-state index in [2.05, 4.69) is 0 Å². The van der Waals surface area contributed by atoms with Crippen molar-refractivity contribution in [3.05, 3.63) is 68.2 Å². The van der Waals surface area contributed by atoms with E-state index in [1.165, 1.54) is 0 Å². The summed E-state index contributed by atoms with van der Waals surface area (Å²) in [5.41, 5.74) is 2.85. The summed E-state index contributed by atoms with van der Waals surface area (Å²) in [5, 5.41) is 1.43. The van der Waals surface area contributed by atoms with Gasteiger partial charge < -0.3 is 0 Å². The summed E-state index contributed by atoms with van der Waals surface area (Å²) in [6, 6.07) is 11.1. The van der Waals surface area contributed by atoms with E-state index >= 15 is 0 Å². The summed E-state index contributed by atoms with van der Waals surface area (Å²) >= 11 is 24.5. The number of benzene rings is 2. The van der Waals surface area contributed by atoms with Crippen molar-refractivity contribution in [2.24, 2.45) is 0 Å². The van der Waals surface area contributed by atoms with Crippen LogP contribution < -0.4 is 0 Å². The molecule has 2 rings (SSSR count). The highest BCUT2D eigenvalue weighted by Gasteiger charge is 2.15. The Hall–Kier alpha value is -0.400. The third-order valence-corrected chi connectivity index (χ3v) is 4.45. The topological polar surface area (TPSA) is 0 Å². The molecule has 4 heteroatoms. The standard InChI is InChI=1S/C14H10Cl4/c1-8-10(3-2-4-11(8)15)14(18)9-5-6-12(16)13(17)7-9/h2-7,14H,1H3. The van der Waals surface area contributed by atoms with Crippen LogP contribution in [0.15, 0.2) is 36.4 Å². The van der Waals surface area contributed by atoms with Crippen molar-refractivity contribution >= 4 is 46.4 Å². The summed E-state index contributed by atoms with van der Waals surface area (Å²) in [7, 11) is 0. The van der Waals surface area contributed by atoms with Crippen LogP contribution in [0.25, 0.3) is 0 Å². The van der Waals surface area contributed by atoms with Crippen LogP contribution in [0.4, 0.5) is 0 Å². The summed E-state index contributed by atoms with van der Waals surface area (Å²) in [4.78, 5) is 0. The third kappa shape index (κ3) is 2.78. The number of halogens is 4. The lowest BCUT2D eigenvalue weighted by atomic mass is 10.00. The quantitative estimate of drug-likeness (QED) is 0.571. The molecule has 0 aliphatic carbocycles. The molecule has 0 heterocycles. The number of hydrogen-bond donors (Lipinski definition) is 0. The molecular weight excluding hydrogens is 310 g/mol. The Kier molecular flexibility index (Phi) is 4.45. The zero-order valence-corrected chi connectivity index (χ0v) is 12.6. The van der Waals surface area contributed by atoms with Gasteiger partial charge in [0.1, 0.15) is 0 Å². The highest BCUT2D eigenvalue weighted by atomic mass is 35.5. The van der Waals surface area contributed by atoms with Crippen LogP contribution in [-0.4, -0.2) is 0 Å². The minimum atomic E-state index is -0.293. The van der Waals surface area contributed by atoms with Gasteiger partial charge in [-0.3, -0.25) is 0 Å². The lowest BCUT2D eigenvalue weighted by Crippen LogP contribution is -1.97. The molecule has 0 saturated heterocycles. The van der Waals surface area contributed by atoms with E-state index in [9.17, 15) is 0 Å². The molecule has 1 atom stereocenters. The van der Waals surface area contributed by atoms with Crippen LogP contribution in [0.2, 0.25) is 15.1 Å². The fourth-order valence-corrected chi connectivity index (χ4v) is 2.61. The summed E-state index contributed by atoms with van der Waals surface area (Å²) < 4.78 is 0. The Morgan fingerprint density at radius 2 is 1.61 bits per heavy atom. The second-order valence-electron chi connectivity index (χ2n) is 3.99. The van der Waals surface area contributed by atoms with Crippen molar-refractivity contribution in [2.45, 2.75) is 12.3 Å². The van der Waals surface area contributed by atoms with Crippen LogP contribution in [-0.2, 0) is 0 Å². The van der Waals surface area contributed by atoms with Crippen molar-refractivity contribution in [2.75, 3.05) is 0 Å². The van der Waals surface area contributed by atoms with Gasteiger partial charge >= 0.3 is 0 Å². The van der Waals surface area contributed by atoms with Crippen molar-refractivity contribution < 1.29 is 0 Å². The molecule has 0 aromatic heterocycles. The average Bonchev–Trinajstić information content (AvgIpc) is 2.35. The van der Waals surface area contributed by atoms with Gasteiger partial charge in [-0.05, 0) is 41.8 Å². The van der Waals surface area contributed by atoms with Crippen LogP contribution in [0.5, 0.6) is 0 Å². The molecule has 0 amide bonds. The highest BCUT2D eigenvalue weighted by Crippen LogP contribution is 2.35. The molecule has 0 aliphatic rings. The first-order valence-electron chi connectivity index (χ1n) is 5.34. The minimum Gasteiger partial charge on any atom is -0.113 e. The minimum absolute atomic E-state index is 0.293. The second kappa shape index (κ2) is 5.71. The van der Waals surface area contributed by atoms with E-state index in [0.717, 1.165) is 16.7 Å². The first kappa shape index (κ1) is 14.0. The van der Waals surface area contributed by atoms with Gasteiger partial charge in [-0.1, -0.05) is 53.0 Å². The van der Waals surface area contributed by atoms with Crippen LogP contribution in [0, 0.1) is 6.92 Å². The first-order chi connectivity index (χ1) is 8.50. The molecule has 94 valence electrons. The smallest absolute Gasteiger partial charge is 0.0839 e. The predicted octanol–water partition coefficient (Wildman–Crippen LogP) is 6.28. The normalized spacial score (nSPS) is 12.5. The summed E-state index contributed by atoms with van der Waals surface area (Å²) in [6.07, 6.45) is 0. The Morgan fingerprint density at radius 3 is 2.28 bits per heavy atom. The zero-order valence-electron chi connectivity index (χ0n) is 9.55. The molecule has 1 unspecified atom stereocenters. The fraction of sp³-hybridized carbons (Fsp3) is 0.143. The van der Waals surface area contributed by atoms with Gasteiger partial charge in [-0.2, -0.15) is 0 Å². The second-order valence-corrected chi connectivity index (χ2v) is 5.65. The van der Waals surface area contributed by atoms with Gasteiger partial charge in [-0.25, -0.2) is 0 Å². The van der Waals surface area contributed by atoms with Crippen LogP contribution in [0.1, 0.15) is 22.1 Å². The maximum Gasteiger partial charge on any atom is 0.0839 e. The SMILES string of the molecule is Cc1c(Cl)cccc1C(Cl)c1ccc(Cl)c(Cl)c1. The van der Waals surface area contributed by atoms with Crippen molar-refractivity contribution in [1.29, 1.82) is 0 Å². The Morgan fingerprint density at radius 1 is 0.889 bits per heavy atom. The molecule has 2 aromatic carbocycles. The van der Waals surface area contributed by atoms with E-state index < -0.39 is 0 Å². The van der Waals surface area contributed by atoms with E-state index in [1.54, 1.807) is 12.1 Å². The molecule has 0 bridgehead atoms. The summed E-state index contributed by atoms with van der Waals surface area (Å²) in [5.74, 6) is 0. The highest BCUT2D eigenvalue weighted by molar-refractivity contribution is 6.42. The maximum absolute atomic E-state index is 6.47. The summed E-state index contributed by atoms with van der Waals surface area (Å²) in [6.45, 7) is 1.95. The molecule has 0 saturated carbocycles. The van der Waals surface area contributed by atoms with Gasteiger partial charge in [0.25, 0.3) is 0 Å². The molecule has 0 fully saturated rings.